The van der Waals surface area contributed by atoms with Gasteiger partial charge in [-0.2, -0.15) is 0 Å². The van der Waals surface area contributed by atoms with Crippen molar-refractivity contribution in [1.82, 2.24) is 0 Å². The third-order valence-electron chi connectivity index (χ3n) is 2.24. The molecule has 2 aromatic carbocycles. The van der Waals surface area contributed by atoms with Crippen molar-refractivity contribution >= 4 is 27.5 Å². The standard InChI is InChI=1S/C13H10BrNO2/c14-12-4-2-1-3-11(12)13(17)15-9-5-7-10(16)8-6-9/h1-8,16H,(H,15,17). The summed E-state index contributed by atoms with van der Waals surface area (Å²) in [6.45, 7) is 0. The molecule has 2 N–H and O–H groups in total. The quantitative estimate of drug-likeness (QED) is 0.833. The molecule has 0 bridgehead atoms. The van der Waals surface area contributed by atoms with Gasteiger partial charge in [-0.15, -0.1) is 0 Å². The third-order valence-corrected chi connectivity index (χ3v) is 2.94. The molecule has 0 saturated carbocycles. The summed E-state index contributed by atoms with van der Waals surface area (Å²) in [5.41, 5.74) is 1.21. The van der Waals surface area contributed by atoms with E-state index in [2.05, 4.69) is 21.2 Å². The van der Waals surface area contributed by atoms with Crippen molar-refractivity contribution in [2.45, 2.75) is 0 Å². The van der Waals surface area contributed by atoms with Crippen LogP contribution < -0.4 is 5.32 Å². The summed E-state index contributed by atoms with van der Waals surface area (Å²) in [5, 5.41) is 11.9. The highest BCUT2D eigenvalue weighted by Crippen LogP contribution is 2.19. The number of nitrogens with one attached hydrogen (secondary N) is 1. The second-order valence-electron chi connectivity index (χ2n) is 3.48. The number of aromatic hydroxyl groups is 1. The van der Waals surface area contributed by atoms with Crippen LogP contribution in [-0.4, -0.2) is 11.0 Å². The summed E-state index contributed by atoms with van der Waals surface area (Å²) >= 11 is 3.32. The van der Waals surface area contributed by atoms with Crippen LogP contribution in [0.5, 0.6) is 5.75 Å². The number of carbonyl (C=O) groups excluding carboxylic acids is 1. The highest BCUT2D eigenvalue weighted by Gasteiger charge is 2.08. The molecule has 0 saturated heterocycles. The maximum absolute atomic E-state index is 11.9. The molecular formula is C13H10BrNO2. The van der Waals surface area contributed by atoms with E-state index in [1.54, 1.807) is 24.3 Å². The first-order chi connectivity index (χ1) is 8.16. The normalized spacial score (nSPS) is 9.94. The Balaban J connectivity index is 2.17. The number of carbonyl (C=O) groups is 1. The Morgan fingerprint density at radius 3 is 2.35 bits per heavy atom. The van der Waals surface area contributed by atoms with Gasteiger partial charge in [0.2, 0.25) is 0 Å². The molecule has 0 unspecified atom stereocenters. The van der Waals surface area contributed by atoms with Crippen LogP contribution in [0.2, 0.25) is 0 Å². The molecule has 0 aliphatic heterocycles. The number of anilines is 1. The lowest BCUT2D eigenvalue weighted by Crippen LogP contribution is -2.12. The Morgan fingerprint density at radius 1 is 1.06 bits per heavy atom. The van der Waals surface area contributed by atoms with E-state index in [-0.39, 0.29) is 11.7 Å². The van der Waals surface area contributed by atoms with E-state index in [9.17, 15) is 4.79 Å². The lowest BCUT2D eigenvalue weighted by Gasteiger charge is -2.06. The minimum Gasteiger partial charge on any atom is -0.508 e. The second-order valence-corrected chi connectivity index (χ2v) is 4.34. The molecule has 0 aliphatic rings. The van der Waals surface area contributed by atoms with Crippen LogP contribution in [-0.2, 0) is 0 Å². The van der Waals surface area contributed by atoms with E-state index in [0.29, 0.717) is 11.3 Å². The van der Waals surface area contributed by atoms with Crippen molar-refractivity contribution in [1.29, 1.82) is 0 Å². The van der Waals surface area contributed by atoms with Crippen molar-refractivity contribution < 1.29 is 9.90 Å². The molecule has 2 aromatic rings. The lowest BCUT2D eigenvalue weighted by atomic mass is 10.2. The van der Waals surface area contributed by atoms with Gasteiger partial charge < -0.3 is 10.4 Å². The molecule has 1 amide bonds. The molecular weight excluding hydrogens is 282 g/mol. The molecule has 0 aromatic heterocycles. The molecule has 0 fully saturated rings. The molecule has 0 heterocycles. The highest BCUT2D eigenvalue weighted by molar-refractivity contribution is 9.10. The van der Waals surface area contributed by atoms with Crippen molar-refractivity contribution in [3.05, 3.63) is 58.6 Å². The number of benzene rings is 2. The van der Waals surface area contributed by atoms with Gasteiger partial charge in [0, 0.05) is 10.2 Å². The summed E-state index contributed by atoms with van der Waals surface area (Å²) in [6, 6.07) is 13.5. The maximum Gasteiger partial charge on any atom is 0.256 e. The summed E-state index contributed by atoms with van der Waals surface area (Å²) in [7, 11) is 0. The topological polar surface area (TPSA) is 49.3 Å². The summed E-state index contributed by atoms with van der Waals surface area (Å²) in [6.07, 6.45) is 0. The number of amides is 1. The molecule has 86 valence electrons. The first-order valence-electron chi connectivity index (χ1n) is 5.02. The van der Waals surface area contributed by atoms with Crippen LogP contribution in [0.3, 0.4) is 0 Å². The Bertz CT molecular complexity index is 537. The predicted molar refractivity (Wildman–Crippen MR) is 70.2 cm³/mol. The van der Waals surface area contributed by atoms with Crippen molar-refractivity contribution in [2.75, 3.05) is 5.32 Å². The average molecular weight is 292 g/mol. The van der Waals surface area contributed by atoms with E-state index < -0.39 is 0 Å². The molecule has 0 atom stereocenters. The van der Waals surface area contributed by atoms with E-state index >= 15 is 0 Å². The number of phenols is 1. The van der Waals surface area contributed by atoms with Gasteiger partial charge in [-0.05, 0) is 52.3 Å². The monoisotopic (exact) mass is 291 g/mol. The van der Waals surface area contributed by atoms with Crippen LogP contribution in [0, 0.1) is 0 Å². The Labute approximate surface area is 107 Å². The number of hydrogen-bond donors (Lipinski definition) is 2. The zero-order chi connectivity index (χ0) is 12.3. The van der Waals surface area contributed by atoms with Gasteiger partial charge in [-0.1, -0.05) is 12.1 Å². The zero-order valence-electron chi connectivity index (χ0n) is 8.85. The van der Waals surface area contributed by atoms with Crippen LogP contribution in [0.25, 0.3) is 0 Å². The fourth-order valence-electron chi connectivity index (χ4n) is 1.39. The molecule has 17 heavy (non-hydrogen) atoms. The molecule has 0 radical (unpaired) electrons. The van der Waals surface area contributed by atoms with Gasteiger partial charge in [0.1, 0.15) is 5.75 Å². The fraction of sp³-hybridized carbons (Fsp3) is 0. The zero-order valence-corrected chi connectivity index (χ0v) is 10.4. The number of hydrogen-bond acceptors (Lipinski definition) is 2. The van der Waals surface area contributed by atoms with Crippen LogP contribution >= 0.6 is 15.9 Å². The van der Waals surface area contributed by atoms with Gasteiger partial charge in [0.15, 0.2) is 0 Å². The Kier molecular flexibility index (Phi) is 3.44. The smallest absolute Gasteiger partial charge is 0.256 e. The third kappa shape index (κ3) is 2.85. The molecule has 3 nitrogen and oxygen atoms in total. The van der Waals surface area contributed by atoms with E-state index in [4.69, 9.17) is 5.11 Å². The minimum atomic E-state index is -0.192. The van der Waals surface area contributed by atoms with Gasteiger partial charge >= 0.3 is 0 Å². The first-order valence-corrected chi connectivity index (χ1v) is 5.81. The largest absolute Gasteiger partial charge is 0.508 e. The van der Waals surface area contributed by atoms with E-state index in [1.807, 2.05) is 12.1 Å². The first kappa shape index (κ1) is 11.7. The Morgan fingerprint density at radius 2 is 1.71 bits per heavy atom. The van der Waals surface area contributed by atoms with Crippen molar-refractivity contribution in [3.8, 4) is 5.75 Å². The van der Waals surface area contributed by atoms with Gasteiger partial charge in [0.25, 0.3) is 5.91 Å². The summed E-state index contributed by atoms with van der Waals surface area (Å²) < 4.78 is 0.747. The van der Waals surface area contributed by atoms with Crippen LogP contribution in [0.1, 0.15) is 10.4 Å². The second kappa shape index (κ2) is 5.01. The minimum absolute atomic E-state index is 0.170. The number of halogens is 1. The average Bonchev–Trinajstić information content (AvgIpc) is 2.32. The lowest BCUT2D eigenvalue weighted by molar-refractivity contribution is 0.102. The number of rotatable bonds is 2. The molecule has 0 aliphatic carbocycles. The van der Waals surface area contributed by atoms with Crippen LogP contribution in [0.15, 0.2) is 53.0 Å². The van der Waals surface area contributed by atoms with E-state index in [1.165, 1.54) is 12.1 Å². The maximum atomic E-state index is 11.9. The summed E-state index contributed by atoms with van der Waals surface area (Å²) in [5.74, 6) is -0.0212. The van der Waals surface area contributed by atoms with Crippen LogP contribution in [0.4, 0.5) is 5.69 Å². The fourth-order valence-corrected chi connectivity index (χ4v) is 1.85. The SMILES string of the molecule is O=C(Nc1ccc(O)cc1)c1ccccc1Br. The van der Waals surface area contributed by atoms with Gasteiger partial charge in [0.05, 0.1) is 5.56 Å². The molecule has 2 rings (SSSR count). The molecule has 0 spiro atoms. The van der Waals surface area contributed by atoms with Crippen molar-refractivity contribution in [3.63, 3.8) is 0 Å². The summed E-state index contributed by atoms with van der Waals surface area (Å²) in [4.78, 5) is 11.9. The van der Waals surface area contributed by atoms with Gasteiger partial charge in [-0.25, -0.2) is 0 Å². The highest BCUT2D eigenvalue weighted by atomic mass is 79.9. The number of phenolic OH excluding ortho intramolecular Hbond substituents is 1. The van der Waals surface area contributed by atoms with Crippen molar-refractivity contribution in [2.24, 2.45) is 0 Å². The van der Waals surface area contributed by atoms with E-state index in [0.717, 1.165) is 4.47 Å². The molecule has 4 heteroatoms. The van der Waals surface area contributed by atoms with Gasteiger partial charge in [-0.3, -0.25) is 4.79 Å². The Hall–Kier alpha value is -1.81. The predicted octanol–water partition coefficient (Wildman–Crippen LogP) is 3.41.